The molecule has 0 radical (unpaired) electrons. The molecule has 1 aliphatic rings. The Labute approximate surface area is 143 Å². The van der Waals surface area contributed by atoms with Crippen LogP contribution in [0.15, 0.2) is 36.5 Å². The van der Waals surface area contributed by atoms with Gasteiger partial charge in [-0.15, -0.1) is 10.2 Å². The number of nitrogens with zero attached hydrogens (tertiary/aromatic N) is 4. The van der Waals surface area contributed by atoms with Gasteiger partial charge < -0.3 is 5.32 Å². The SMILES string of the molecule is Cn1ncc2c1CCCC2NC(=O)c1nnc(-c2ccccc2)s1. The smallest absolute Gasteiger partial charge is 0.282 e. The molecule has 24 heavy (non-hydrogen) atoms. The third-order valence-electron chi connectivity index (χ3n) is 4.32. The second kappa shape index (κ2) is 6.16. The summed E-state index contributed by atoms with van der Waals surface area (Å²) < 4.78 is 1.89. The first kappa shape index (κ1) is 15.0. The topological polar surface area (TPSA) is 72.7 Å². The fourth-order valence-electron chi connectivity index (χ4n) is 3.09. The molecule has 0 bridgehead atoms. The maximum absolute atomic E-state index is 12.5. The molecule has 1 aromatic carbocycles. The molecule has 2 heterocycles. The van der Waals surface area contributed by atoms with Crippen LogP contribution in [-0.4, -0.2) is 25.9 Å². The zero-order valence-corrected chi connectivity index (χ0v) is 14.1. The van der Waals surface area contributed by atoms with Crippen molar-refractivity contribution < 1.29 is 4.79 Å². The average molecular weight is 339 g/mol. The molecule has 7 heteroatoms. The molecular formula is C17H17N5OS. The number of nitrogens with one attached hydrogen (secondary N) is 1. The number of benzene rings is 1. The summed E-state index contributed by atoms with van der Waals surface area (Å²) in [7, 11) is 1.94. The summed E-state index contributed by atoms with van der Waals surface area (Å²) in [6.07, 6.45) is 4.84. The fraction of sp³-hybridized carbons (Fsp3) is 0.294. The maximum atomic E-state index is 12.5. The minimum absolute atomic E-state index is 0.000903. The Morgan fingerprint density at radius 3 is 2.96 bits per heavy atom. The lowest BCUT2D eigenvalue weighted by Gasteiger charge is -2.23. The van der Waals surface area contributed by atoms with Gasteiger partial charge in [0, 0.05) is 23.9 Å². The Balaban J connectivity index is 1.53. The van der Waals surface area contributed by atoms with Crippen LogP contribution in [0.4, 0.5) is 0 Å². The van der Waals surface area contributed by atoms with Gasteiger partial charge in [-0.05, 0) is 19.3 Å². The largest absolute Gasteiger partial charge is 0.343 e. The van der Waals surface area contributed by atoms with Crippen LogP contribution in [0, 0.1) is 0 Å². The highest BCUT2D eigenvalue weighted by molar-refractivity contribution is 7.16. The number of aromatic nitrogens is 4. The number of carbonyl (C=O) groups is 1. The van der Waals surface area contributed by atoms with E-state index in [0.717, 1.165) is 35.4 Å². The van der Waals surface area contributed by atoms with Crippen LogP contribution in [0.25, 0.3) is 10.6 Å². The first-order valence-electron chi connectivity index (χ1n) is 7.93. The number of amides is 1. The van der Waals surface area contributed by atoms with Crippen molar-refractivity contribution in [3.63, 3.8) is 0 Å². The third-order valence-corrected chi connectivity index (χ3v) is 5.29. The van der Waals surface area contributed by atoms with Gasteiger partial charge in [-0.3, -0.25) is 9.48 Å². The standard InChI is InChI=1S/C17H17N5OS/c1-22-14-9-5-8-13(12(14)10-18-22)19-15(23)17-21-20-16(24-17)11-6-3-2-4-7-11/h2-4,6-7,10,13H,5,8-9H2,1H3,(H,19,23). The van der Waals surface area contributed by atoms with Gasteiger partial charge in [-0.25, -0.2) is 0 Å². The molecule has 0 saturated heterocycles. The van der Waals surface area contributed by atoms with E-state index in [1.165, 1.54) is 17.0 Å². The average Bonchev–Trinajstić information content (AvgIpc) is 3.24. The maximum Gasteiger partial charge on any atom is 0.282 e. The predicted molar refractivity (Wildman–Crippen MR) is 91.7 cm³/mol. The lowest BCUT2D eigenvalue weighted by molar-refractivity contribution is 0.0931. The van der Waals surface area contributed by atoms with E-state index in [9.17, 15) is 4.79 Å². The molecule has 2 aromatic heterocycles. The molecule has 0 spiro atoms. The van der Waals surface area contributed by atoms with Crippen molar-refractivity contribution in [1.82, 2.24) is 25.3 Å². The molecule has 1 N–H and O–H groups in total. The highest BCUT2D eigenvalue weighted by atomic mass is 32.1. The summed E-state index contributed by atoms with van der Waals surface area (Å²) in [6.45, 7) is 0. The number of rotatable bonds is 3. The second-order valence-electron chi connectivity index (χ2n) is 5.87. The fourth-order valence-corrected chi connectivity index (χ4v) is 3.84. The molecule has 1 aliphatic carbocycles. The molecule has 3 aromatic rings. The van der Waals surface area contributed by atoms with Crippen LogP contribution in [-0.2, 0) is 13.5 Å². The first-order chi connectivity index (χ1) is 11.7. The Morgan fingerprint density at radius 2 is 2.12 bits per heavy atom. The van der Waals surface area contributed by atoms with E-state index in [2.05, 4.69) is 20.6 Å². The van der Waals surface area contributed by atoms with Gasteiger partial charge >= 0.3 is 0 Å². The summed E-state index contributed by atoms with van der Waals surface area (Å²) in [4.78, 5) is 12.5. The van der Waals surface area contributed by atoms with Crippen molar-refractivity contribution in [3.05, 3.63) is 52.8 Å². The predicted octanol–water partition coefficient (Wildman–Crippen LogP) is 2.75. The lowest BCUT2D eigenvalue weighted by Crippen LogP contribution is -2.30. The number of carbonyl (C=O) groups excluding carboxylic acids is 1. The van der Waals surface area contributed by atoms with Gasteiger partial charge in [-0.2, -0.15) is 5.10 Å². The van der Waals surface area contributed by atoms with Crippen LogP contribution < -0.4 is 5.32 Å². The van der Waals surface area contributed by atoms with Gasteiger partial charge in [0.1, 0.15) is 5.01 Å². The van der Waals surface area contributed by atoms with Crippen molar-refractivity contribution in [2.24, 2.45) is 7.05 Å². The normalized spacial score (nSPS) is 16.6. The summed E-state index contributed by atoms with van der Waals surface area (Å²) in [5, 5.41) is 16.7. The van der Waals surface area contributed by atoms with E-state index < -0.39 is 0 Å². The van der Waals surface area contributed by atoms with E-state index >= 15 is 0 Å². The zero-order valence-electron chi connectivity index (χ0n) is 13.3. The van der Waals surface area contributed by atoms with Crippen LogP contribution in [0.2, 0.25) is 0 Å². The summed E-state index contributed by atoms with van der Waals surface area (Å²) in [5.74, 6) is -0.170. The first-order valence-corrected chi connectivity index (χ1v) is 8.74. The number of hydrogen-bond acceptors (Lipinski definition) is 5. The molecule has 4 rings (SSSR count). The van der Waals surface area contributed by atoms with Gasteiger partial charge in [0.2, 0.25) is 5.01 Å². The van der Waals surface area contributed by atoms with E-state index in [0.29, 0.717) is 5.01 Å². The minimum Gasteiger partial charge on any atom is -0.343 e. The van der Waals surface area contributed by atoms with E-state index in [-0.39, 0.29) is 11.9 Å². The van der Waals surface area contributed by atoms with Crippen LogP contribution in [0.1, 0.15) is 39.9 Å². The van der Waals surface area contributed by atoms with E-state index in [1.807, 2.05) is 48.3 Å². The van der Waals surface area contributed by atoms with E-state index in [4.69, 9.17) is 0 Å². The summed E-state index contributed by atoms with van der Waals surface area (Å²) in [6, 6.07) is 9.77. The molecule has 122 valence electrons. The third kappa shape index (κ3) is 2.71. The van der Waals surface area contributed by atoms with Crippen molar-refractivity contribution in [1.29, 1.82) is 0 Å². The highest BCUT2D eigenvalue weighted by Gasteiger charge is 2.26. The van der Waals surface area contributed by atoms with Crippen LogP contribution in [0.5, 0.6) is 0 Å². The van der Waals surface area contributed by atoms with Crippen molar-refractivity contribution >= 4 is 17.2 Å². The van der Waals surface area contributed by atoms with Crippen molar-refractivity contribution in [3.8, 4) is 10.6 Å². The number of hydrogen-bond donors (Lipinski definition) is 1. The Morgan fingerprint density at radius 1 is 1.29 bits per heavy atom. The molecule has 0 saturated carbocycles. The lowest BCUT2D eigenvalue weighted by atomic mass is 9.93. The molecular weight excluding hydrogens is 322 g/mol. The van der Waals surface area contributed by atoms with E-state index in [1.54, 1.807) is 0 Å². The molecule has 6 nitrogen and oxygen atoms in total. The summed E-state index contributed by atoms with van der Waals surface area (Å²) >= 11 is 1.31. The molecule has 1 amide bonds. The molecule has 0 fully saturated rings. The van der Waals surface area contributed by atoms with Crippen molar-refractivity contribution in [2.45, 2.75) is 25.3 Å². The Bertz CT molecular complexity index is 870. The van der Waals surface area contributed by atoms with Crippen LogP contribution >= 0.6 is 11.3 Å². The number of fused-ring (bicyclic) bond motifs is 1. The molecule has 1 atom stereocenters. The van der Waals surface area contributed by atoms with Gasteiger partial charge in [0.25, 0.3) is 5.91 Å². The number of aryl methyl sites for hydroxylation is 1. The zero-order chi connectivity index (χ0) is 16.5. The quantitative estimate of drug-likeness (QED) is 0.796. The van der Waals surface area contributed by atoms with Gasteiger partial charge in [0.15, 0.2) is 0 Å². The van der Waals surface area contributed by atoms with Crippen LogP contribution in [0.3, 0.4) is 0 Å². The Hall–Kier alpha value is -2.54. The molecule has 0 aliphatic heterocycles. The minimum atomic E-state index is -0.170. The van der Waals surface area contributed by atoms with Gasteiger partial charge in [-0.1, -0.05) is 41.7 Å². The summed E-state index contributed by atoms with van der Waals surface area (Å²) in [5.41, 5.74) is 3.29. The van der Waals surface area contributed by atoms with Gasteiger partial charge in [0.05, 0.1) is 12.2 Å². The molecule has 1 unspecified atom stereocenters. The monoisotopic (exact) mass is 339 g/mol. The van der Waals surface area contributed by atoms with Crippen molar-refractivity contribution in [2.75, 3.05) is 0 Å². The Kier molecular flexibility index (Phi) is 3.86. The highest BCUT2D eigenvalue weighted by Crippen LogP contribution is 2.30. The second-order valence-corrected chi connectivity index (χ2v) is 6.84.